The average molecular weight is 644 g/mol. The Morgan fingerprint density at radius 3 is 2.59 bits per heavy atom. The molecular weight excluding hydrogens is 610 g/mol. The van der Waals surface area contributed by atoms with Gasteiger partial charge in [-0.1, -0.05) is 0 Å². The molecule has 2 N–H and O–H groups in total. The highest BCUT2D eigenvalue weighted by Gasteiger charge is 2.54. The number of anilines is 1. The normalized spacial score (nSPS) is 18.0. The van der Waals surface area contributed by atoms with Gasteiger partial charge in [0.25, 0.3) is 5.91 Å². The van der Waals surface area contributed by atoms with E-state index in [1.54, 1.807) is 35.4 Å². The van der Waals surface area contributed by atoms with E-state index in [4.69, 9.17) is 14.6 Å². The number of pyridine rings is 2. The molecule has 0 atom stereocenters. The Bertz CT molecular complexity index is 1620. The zero-order chi connectivity index (χ0) is 32.6. The van der Waals surface area contributed by atoms with Crippen molar-refractivity contribution in [3.8, 4) is 22.9 Å². The maximum Gasteiger partial charge on any atom is 0.418 e. The molecule has 2 aliphatic heterocycles. The van der Waals surface area contributed by atoms with Crippen LogP contribution in [0.15, 0.2) is 48.7 Å². The fraction of sp³-hybridized carbons (Fsp3) is 0.438. The van der Waals surface area contributed by atoms with Crippen molar-refractivity contribution in [1.82, 2.24) is 20.2 Å². The standard InChI is InChI=1S/C32H33F4N5O5/c1-2-45-30-22(4-3-10-37-30)24-6-8-26(28(39-24)29(44)38-20-15-40(16-20)11-9-27(42)43)46-21-13-31(14-21)17-41(18-31)25-7-5-19(33)12-23(25)32(34,35)36/h3-8,10,12,20-21H,2,9,11,13-18H2,1H3,(H,38,44)(H,42,43). The fourth-order valence-corrected chi connectivity index (χ4v) is 6.41. The third-order valence-corrected chi connectivity index (χ3v) is 8.61. The van der Waals surface area contributed by atoms with Crippen LogP contribution in [0, 0.1) is 11.2 Å². The van der Waals surface area contributed by atoms with Crippen LogP contribution in [0.5, 0.6) is 11.6 Å². The van der Waals surface area contributed by atoms with Crippen molar-refractivity contribution in [3.63, 3.8) is 0 Å². The monoisotopic (exact) mass is 643 g/mol. The van der Waals surface area contributed by atoms with E-state index in [9.17, 15) is 27.2 Å². The number of nitrogens with zero attached hydrogens (tertiary/aromatic N) is 4. The van der Waals surface area contributed by atoms with Crippen LogP contribution in [0.1, 0.15) is 42.2 Å². The molecular formula is C32H33F4N5O5. The minimum atomic E-state index is -4.67. The first-order valence-corrected chi connectivity index (χ1v) is 15.1. The van der Waals surface area contributed by atoms with E-state index < -0.39 is 29.4 Å². The van der Waals surface area contributed by atoms with Crippen molar-refractivity contribution in [2.45, 2.75) is 44.5 Å². The predicted molar refractivity (Wildman–Crippen MR) is 158 cm³/mol. The molecule has 14 heteroatoms. The number of nitrogens with one attached hydrogen (secondary N) is 1. The van der Waals surface area contributed by atoms with Crippen LogP contribution in [0.25, 0.3) is 11.3 Å². The lowest BCUT2D eigenvalue weighted by Gasteiger charge is -2.59. The third-order valence-electron chi connectivity index (χ3n) is 8.61. The number of aliphatic carboxylic acids is 1. The molecule has 1 amide bonds. The molecule has 46 heavy (non-hydrogen) atoms. The van der Waals surface area contributed by atoms with Crippen molar-refractivity contribution < 1.29 is 41.7 Å². The number of carboxylic acids is 1. The summed E-state index contributed by atoms with van der Waals surface area (Å²) in [6.07, 6.45) is -2.18. The molecule has 3 aromatic rings. The Morgan fingerprint density at radius 2 is 1.89 bits per heavy atom. The molecule has 1 aliphatic carbocycles. The van der Waals surface area contributed by atoms with E-state index in [2.05, 4.69) is 15.3 Å². The van der Waals surface area contributed by atoms with Crippen LogP contribution in [0.4, 0.5) is 23.2 Å². The lowest BCUT2D eigenvalue weighted by Crippen LogP contribution is -2.65. The number of halogens is 4. The van der Waals surface area contributed by atoms with Gasteiger partial charge in [-0.3, -0.25) is 14.5 Å². The van der Waals surface area contributed by atoms with Crippen LogP contribution < -0.4 is 19.7 Å². The van der Waals surface area contributed by atoms with Gasteiger partial charge in [-0.05, 0) is 62.2 Å². The number of rotatable bonds is 11. The fourth-order valence-electron chi connectivity index (χ4n) is 6.41. The van der Waals surface area contributed by atoms with Crippen LogP contribution in [-0.4, -0.2) is 83.3 Å². The summed E-state index contributed by atoms with van der Waals surface area (Å²) >= 11 is 0. The van der Waals surface area contributed by atoms with Crippen LogP contribution >= 0.6 is 0 Å². The first-order valence-electron chi connectivity index (χ1n) is 15.1. The quantitative estimate of drug-likeness (QED) is 0.289. The Kier molecular flexibility index (Phi) is 8.49. The van der Waals surface area contributed by atoms with Crippen LogP contribution in [0.2, 0.25) is 0 Å². The second kappa shape index (κ2) is 12.4. The number of hydrogen-bond acceptors (Lipinski definition) is 8. The first-order chi connectivity index (χ1) is 21.9. The molecule has 4 heterocycles. The van der Waals surface area contributed by atoms with Gasteiger partial charge < -0.3 is 24.8 Å². The second-order valence-corrected chi connectivity index (χ2v) is 12.1. The molecule has 2 aromatic heterocycles. The Labute approximate surface area is 262 Å². The van der Waals surface area contributed by atoms with Crippen molar-refractivity contribution in [2.75, 3.05) is 44.2 Å². The van der Waals surface area contributed by atoms with Gasteiger partial charge in [-0.2, -0.15) is 13.2 Å². The summed E-state index contributed by atoms with van der Waals surface area (Å²) in [5.41, 5.74) is -0.124. The number of benzene rings is 1. The van der Waals surface area contributed by atoms with Gasteiger partial charge >= 0.3 is 12.1 Å². The van der Waals surface area contributed by atoms with Gasteiger partial charge in [0.2, 0.25) is 5.88 Å². The molecule has 3 aliphatic rings. The van der Waals surface area contributed by atoms with Crippen molar-refractivity contribution in [1.29, 1.82) is 0 Å². The molecule has 0 radical (unpaired) electrons. The Balaban J connectivity index is 1.15. The first kappa shape index (κ1) is 31.5. The number of carbonyl (C=O) groups excluding carboxylic acids is 1. The van der Waals surface area contributed by atoms with E-state index in [0.29, 0.717) is 75.4 Å². The zero-order valence-corrected chi connectivity index (χ0v) is 25.0. The molecule has 1 aromatic carbocycles. The van der Waals surface area contributed by atoms with Crippen molar-refractivity contribution >= 4 is 17.6 Å². The molecule has 1 saturated carbocycles. The average Bonchev–Trinajstić information content (AvgIpc) is 2.95. The summed E-state index contributed by atoms with van der Waals surface area (Å²) in [5, 5.41) is 11.9. The van der Waals surface area contributed by atoms with Gasteiger partial charge in [-0.15, -0.1) is 0 Å². The minimum Gasteiger partial charge on any atom is -0.488 e. The summed E-state index contributed by atoms with van der Waals surface area (Å²) < 4.78 is 66.1. The second-order valence-electron chi connectivity index (χ2n) is 12.1. The van der Waals surface area contributed by atoms with E-state index in [-0.39, 0.29) is 41.1 Å². The summed E-state index contributed by atoms with van der Waals surface area (Å²) in [7, 11) is 0. The van der Waals surface area contributed by atoms with E-state index in [1.807, 2.05) is 11.8 Å². The topological polar surface area (TPSA) is 117 Å². The molecule has 3 fully saturated rings. The number of ether oxygens (including phenoxy) is 2. The number of alkyl halides is 3. The third kappa shape index (κ3) is 6.57. The molecule has 2 saturated heterocycles. The SMILES string of the molecule is CCOc1ncccc1-c1ccc(OC2CC3(C2)CN(c2ccc(F)cc2C(F)(F)F)C3)c(C(=O)NC2CN(CCC(=O)O)C2)n1. The molecule has 0 unspecified atom stereocenters. The highest BCUT2D eigenvalue weighted by atomic mass is 19.4. The molecule has 244 valence electrons. The summed E-state index contributed by atoms with van der Waals surface area (Å²) in [6, 6.07) is 9.46. The molecule has 1 spiro atoms. The smallest absolute Gasteiger partial charge is 0.418 e. The summed E-state index contributed by atoms with van der Waals surface area (Å²) in [4.78, 5) is 36.9. The molecule has 6 rings (SSSR count). The van der Waals surface area contributed by atoms with E-state index in [1.165, 1.54) is 6.07 Å². The van der Waals surface area contributed by atoms with Crippen molar-refractivity contribution in [2.24, 2.45) is 5.41 Å². The van der Waals surface area contributed by atoms with Gasteiger partial charge in [-0.25, -0.2) is 14.4 Å². The highest BCUT2D eigenvalue weighted by Crippen LogP contribution is 2.52. The van der Waals surface area contributed by atoms with Gasteiger partial charge in [0.05, 0.1) is 35.9 Å². The lowest BCUT2D eigenvalue weighted by atomic mass is 9.61. The van der Waals surface area contributed by atoms with Crippen LogP contribution in [0.3, 0.4) is 0 Å². The summed E-state index contributed by atoms with van der Waals surface area (Å²) in [5.74, 6) is -1.62. The van der Waals surface area contributed by atoms with E-state index in [0.717, 1.165) is 6.07 Å². The number of likely N-dealkylation sites (tertiary alicyclic amines) is 1. The van der Waals surface area contributed by atoms with E-state index >= 15 is 0 Å². The van der Waals surface area contributed by atoms with Gasteiger partial charge in [0, 0.05) is 50.0 Å². The highest BCUT2D eigenvalue weighted by molar-refractivity contribution is 5.96. The number of carboxylic acid groups (broad SMARTS) is 1. The largest absolute Gasteiger partial charge is 0.488 e. The zero-order valence-electron chi connectivity index (χ0n) is 25.0. The number of aromatic nitrogens is 2. The Hall–Kier alpha value is -4.46. The Morgan fingerprint density at radius 1 is 1.13 bits per heavy atom. The number of carbonyl (C=O) groups is 2. The maximum atomic E-state index is 13.6. The maximum absolute atomic E-state index is 13.6. The molecule has 0 bridgehead atoms. The number of amides is 1. The van der Waals surface area contributed by atoms with Gasteiger partial charge in [0.1, 0.15) is 11.9 Å². The lowest BCUT2D eigenvalue weighted by molar-refractivity contribution is -0.138. The van der Waals surface area contributed by atoms with Crippen molar-refractivity contribution in [3.05, 3.63) is 65.7 Å². The summed E-state index contributed by atoms with van der Waals surface area (Å²) in [6.45, 7) is 4.40. The van der Waals surface area contributed by atoms with Gasteiger partial charge in [0.15, 0.2) is 11.4 Å². The molecule has 10 nitrogen and oxygen atoms in total. The number of hydrogen-bond donors (Lipinski definition) is 2. The van der Waals surface area contributed by atoms with Crippen LogP contribution in [-0.2, 0) is 11.0 Å². The predicted octanol–water partition coefficient (Wildman–Crippen LogP) is 4.64. The minimum absolute atomic E-state index is 0.0174.